The maximum atomic E-state index is 12.0. The van der Waals surface area contributed by atoms with Gasteiger partial charge in [-0.1, -0.05) is 12.1 Å². The Labute approximate surface area is 128 Å². The normalized spacial score (nSPS) is 18.1. The maximum absolute atomic E-state index is 12.0. The first kappa shape index (κ1) is 16.1. The smallest absolute Gasteiger partial charge is 0.325 e. The molecule has 1 saturated heterocycles. The number of nitrogens with zero attached hydrogens (tertiary/aromatic N) is 1. The number of hydrogen-bond donors (Lipinski definition) is 2. The van der Waals surface area contributed by atoms with E-state index in [1.54, 1.807) is 38.1 Å². The molecule has 1 aromatic rings. The van der Waals surface area contributed by atoms with E-state index in [0.29, 0.717) is 11.5 Å². The summed E-state index contributed by atoms with van der Waals surface area (Å²) in [5.74, 6) is 0.668. The quantitative estimate of drug-likeness (QED) is 0.758. The minimum atomic E-state index is -0.992. The average Bonchev–Trinajstić information content (AvgIpc) is 2.67. The van der Waals surface area contributed by atoms with Crippen molar-refractivity contribution in [3.63, 3.8) is 0 Å². The Hall–Kier alpha value is -2.28. The Morgan fingerprint density at radius 3 is 2.45 bits per heavy atom. The summed E-state index contributed by atoms with van der Waals surface area (Å²) in [6.07, 6.45) is -0.992. The van der Waals surface area contributed by atoms with Gasteiger partial charge in [-0.15, -0.1) is 0 Å². The van der Waals surface area contributed by atoms with Gasteiger partial charge in [-0.25, -0.2) is 4.79 Å². The van der Waals surface area contributed by atoms with E-state index in [9.17, 15) is 14.7 Å². The van der Waals surface area contributed by atoms with Crippen LogP contribution in [0.15, 0.2) is 24.3 Å². The number of methoxy groups -OCH3 is 1. The van der Waals surface area contributed by atoms with Crippen molar-refractivity contribution in [2.24, 2.45) is 0 Å². The van der Waals surface area contributed by atoms with Crippen LogP contribution in [0.25, 0.3) is 0 Å². The average molecular weight is 308 g/mol. The Morgan fingerprint density at radius 1 is 1.27 bits per heavy atom. The van der Waals surface area contributed by atoms with Crippen molar-refractivity contribution in [2.75, 3.05) is 20.3 Å². The third kappa shape index (κ3) is 3.30. The van der Waals surface area contributed by atoms with Crippen molar-refractivity contribution in [3.8, 4) is 11.5 Å². The lowest BCUT2D eigenvalue weighted by Gasteiger charge is -2.19. The Morgan fingerprint density at radius 2 is 1.91 bits per heavy atom. The lowest BCUT2D eigenvalue weighted by atomic mass is 10.1. The fourth-order valence-corrected chi connectivity index (χ4v) is 2.17. The van der Waals surface area contributed by atoms with Gasteiger partial charge in [0.25, 0.3) is 5.91 Å². The number of carbonyl (C=O) groups is 2. The van der Waals surface area contributed by atoms with Gasteiger partial charge in [0.2, 0.25) is 0 Å². The van der Waals surface area contributed by atoms with E-state index >= 15 is 0 Å². The molecule has 0 spiro atoms. The highest BCUT2D eigenvalue weighted by Crippen LogP contribution is 2.26. The number of aliphatic hydroxyl groups is 1. The highest BCUT2D eigenvalue weighted by Gasteiger charge is 2.44. The van der Waals surface area contributed by atoms with Crippen LogP contribution < -0.4 is 14.8 Å². The van der Waals surface area contributed by atoms with E-state index in [-0.39, 0.29) is 19.1 Å². The molecular weight excluding hydrogens is 288 g/mol. The summed E-state index contributed by atoms with van der Waals surface area (Å²) in [5, 5.41) is 12.6. The number of para-hydroxylation sites is 2. The molecule has 1 aliphatic rings. The van der Waals surface area contributed by atoms with Gasteiger partial charge in [0.1, 0.15) is 18.2 Å². The molecule has 1 atom stereocenters. The molecule has 2 N–H and O–H groups in total. The molecule has 0 aromatic heterocycles. The highest BCUT2D eigenvalue weighted by atomic mass is 16.5. The van der Waals surface area contributed by atoms with Crippen LogP contribution in [0.2, 0.25) is 0 Å². The molecule has 22 heavy (non-hydrogen) atoms. The summed E-state index contributed by atoms with van der Waals surface area (Å²) in [6, 6.07) is 6.53. The Kier molecular flexibility index (Phi) is 4.56. The molecule has 7 nitrogen and oxygen atoms in total. The first-order valence-electron chi connectivity index (χ1n) is 6.93. The topological polar surface area (TPSA) is 88.1 Å². The molecular formula is C15H20N2O5. The molecule has 1 fully saturated rings. The number of ether oxygens (including phenoxy) is 2. The first-order valence-corrected chi connectivity index (χ1v) is 6.93. The standard InChI is InChI=1S/C15H20N2O5/c1-15(2)13(19)17(14(20)16-15)8-10(18)9-22-12-7-5-4-6-11(12)21-3/h4-7,10,18H,8-9H2,1-3H3,(H,16,20)/t10-/m1/s1. The summed E-state index contributed by atoms with van der Waals surface area (Å²) in [7, 11) is 1.52. The number of benzene rings is 1. The van der Waals surface area contributed by atoms with E-state index in [1.165, 1.54) is 7.11 Å². The summed E-state index contributed by atoms with van der Waals surface area (Å²) in [6.45, 7) is 3.05. The second-order valence-electron chi connectivity index (χ2n) is 5.59. The molecule has 0 radical (unpaired) electrons. The van der Waals surface area contributed by atoms with Crippen molar-refractivity contribution in [3.05, 3.63) is 24.3 Å². The molecule has 1 heterocycles. The number of imide groups is 1. The molecule has 2 rings (SSSR count). The maximum Gasteiger partial charge on any atom is 0.325 e. The molecule has 3 amide bonds. The van der Waals surface area contributed by atoms with Crippen LogP contribution in [-0.4, -0.2) is 53.8 Å². The summed E-state index contributed by atoms with van der Waals surface area (Å²) >= 11 is 0. The van der Waals surface area contributed by atoms with Crippen LogP contribution in [0.4, 0.5) is 4.79 Å². The minimum Gasteiger partial charge on any atom is -0.493 e. The molecule has 0 aliphatic carbocycles. The number of hydrogen-bond acceptors (Lipinski definition) is 5. The van der Waals surface area contributed by atoms with Gasteiger partial charge in [-0.3, -0.25) is 9.69 Å². The fourth-order valence-electron chi connectivity index (χ4n) is 2.17. The second kappa shape index (κ2) is 6.23. The van der Waals surface area contributed by atoms with E-state index in [2.05, 4.69) is 5.32 Å². The number of amides is 3. The molecule has 0 unspecified atom stereocenters. The summed E-state index contributed by atoms with van der Waals surface area (Å²) < 4.78 is 10.6. The lowest BCUT2D eigenvalue weighted by molar-refractivity contribution is -0.131. The number of urea groups is 1. The zero-order valence-electron chi connectivity index (χ0n) is 12.8. The number of carbonyl (C=O) groups excluding carboxylic acids is 2. The third-order valence-corrected chi connectivity index (χ3v) is 3.34. The van der Waals surface area contributed by atoms with Crippen molar-refractivity contribution >= 4 is 11.9 Å². The van der Waals surface area contributed by atoms with Gasteiger partial charge >= 0.3 is 6.03 Å². The van der Waals surface area contributed by atoms with Crippen LogP contribution in [0.1, 0.15) is 13.8 Å². The van der Waals surface area contributed by atoms with Crippen LogP contribution in [0.5, 0.6) is 11.5 Å². The highest BCUT2D eigenvalue weighted by molar-refractivity contribution is 6.06. The van der Waals surface area contributed by atoms with Crippen LogP contribution in [0, 0.1) is 0 Å². The van der Waals surface area contributed by atoms with E-state index in [4.69, 9.17) is 9.47 Å². The van der Waals surface area contributed by atoms with Crippen molar-refractivity contribution in [2.45, 2.75) is 25.5 Å². The molecule has 7 heteroatoms. The summed E-state index contributed by atoms with van der Waals surface area (Å²) in [5.41, 5.74) is -0.944. The van der Waals surface area contributed by atoms with Crippen molar-refractivity contribution in [1.29, 1.82) is 0 Å². The number of rotatable bonds is 6. The number of nitrogens with one attached hydrogen (secondary N) is 1. The van der Waals surface area contributed by atoms with Gasteiger partial charge in [-0.2, -0.15) is 0 Å². The number of aliphatic hydroxyl groups excluding tert-OH is 1. The molecule has 0 bridgehead atoms. The molecule has 1 aromatic carbocycles. The van der Waals surface area contributed by atoms with Gasteiger partial charge in [-0.05, 0) is 26.0 Å². The zero-order valence-corrected chi connectivity index (χ0v) is 12.8. The van der Waals surface area contributed by atoms with Crippen molar-refractivity contribution < 1.29 is 24.2 Å². The van der Waals surface area contributed by atoms with E-state index in [1.807, 2.05) is 0 Å². The SMILES string of the molecule is COc1ccccc1OC[C@H](O)CN1C(=O)NC(C)(C)C1=O. The Bertz CT molecular complexity index is 573. The zero-order chi connectivity index (χ0) is 16.3. The molecule has 120 valence electrons. The van der Waals surface area contributed by atoms with Gasteiger partial charge in [0, 0.05) is 0 Å². The van der Waals surface area contributed by atoms with Crippen LogP contribution in [-0.2, 0) is 4.79 Å². The van der Waals surface area contributed by atoms with E-state index in [0.717, 1.165) is 4.90 Å². The Balaban J connectivity index is 1.92. The van der Waals surface area contributed by atoms with Crippen LogP contribution in [0.3, 0.4) is 0 Å². The lowest BCUT2D eigenvalue weighted by Crippen LogP contribution is -2.42. The van der Waals surface area contributed by atoms with Gasteiger partial charge in [0.05, 0.1) is 13.7 Å². The van der Waals surface area contributed by atoms with E-state index < -0.39 is 17.7 Å². The van der Waals surface area contributed by atoms with Gasteiger partial charge < -0.3 is 19.9 Å². The second-order valence-corrected chi connectivity index (χ2v) is 5.59. The van der Waals surface area contributed by atoms with Crippen LogP contribution >= 0.6 is 0 Å². The minimum absolute atomic E-state index is 0.0577. The molecule has 1 aliphatic heterocycles. The molecule has 0 saturated carbocycles. The number of β-amino-alcohol motifs (C(OH)–C–C–N with tert-alkyl or cyclic N) is 1. The van der Waals surface area contributed by atoms with Crippen molar-refractivity contribution in [1.82, 2.24) is 10.2 Å². The predicted molar refractivity (Wildman–Crippen MR) is 78.8 cm³/mol. The largest absolute Gasteiger partial charge is 0.493 e. The first-order chi connectivity index (χ1) is 10.3. The predicted octanol–water partition coefficient (Wildman–Crippen LogP) is 0.765. The summed E-state index contributed by atoms with van der Waals surface area (Å²) in [4.78, 5) is 24.7. The van der Waals surface area contributed by atoms with Gasteiger partial charge in [0.15, 0.2) is 11.5 Å². The fraction of sp³-hybridized carbons (Fsp3) is 0.467. The third-order valence-electron chi connectivity index (χ3n) is 3.34. The monoisotopic (exact) mass is 308 g/mol.